The predicted molar refractivity (Wildman–Crippen MR) is 90.8 cm³/mol. The summed E-state index contributed by atoms with van der Waals surface area (Å²) in [6.45, 7) is 1.93. The number of fused-ring (bicyclic) bond motifs is 1. The summed E-state index contributed by atoms with van der Waals surface area (Å²) in [6, 6.07) is 0.419. The van der Waals surface area contributed by atoms with Crippen LogP contribution in [0.5, 0.6) is 0 Å². The molecule has 4 rings (SSSR count). The van der Waals surface area contributed by atoms with Gasteiger partial charge in [-0.25, -0.2) is 13.6 Å². The van der Waals surface area contributed by atoms with Gasteiger partial charge in [0.05, 0.1) is 23.0 Å². The highest BCUT2D eigenvalue weighted by Crippen LogP contribution is 2.41. The van der Waals surface area contributed by atoms with E-state index in [1.165, 1.54) is 9.47 Å². The number of β-amino-alcohol motifs (C(OH)–C–C–N with tert-alkyl or cyclic N) is 1. The molecule has 0 unspecified atom stereocenters. The smallest absolute Gasteiger partial charge is 0.341 e. The van der Waals surface area contributed by atoms with Gasteiger partial charge < -0.3 is 19.7 Å². The highest BCUT2D eigenvalue weighted by atomic mass is 19.1. The van der Waals surface area contributed by atoms with Crippen molar-refractivity contribution in [3.05, 3.63) is 39.7 Å². The molecule has 138 valence electrons. The van der Waals surface area contributed by atoms with Gasteiger partial charge in [0.1, 0.15) is 17.1 Å². The minimum absolute atomic E-state index is 0.0739. The van der Waals surface area contributed by atoms with Crippen LogP contribution in [0.1, 0.15) is 42.6 Å². The first kappa shape index (κ1) is 17.0. The molecule has 2 aliphatic rings. The molecular weight excluding hydrogens is 346 g/mol. The molecule has 0 amide bonds. The van der Waals surface area contributed by atoms with Gasteiger partial charge >= 0.3 is 5.97 Å². The van der Waals surface area contributed by atoms with Crippen LogP contribution in [0.25, 0.3) is 10.9 Å². The first-order valence-electron chi connectivity index (χ1n) is 8.60. The number of benzene rings is 1. The van der Waals surface area contributed by atoms with E-state index < -0.39 is 40.7 Å². The maximum absolute atomic E-state index is 15.3. The Hall–Kier alpha value is -2.48. The number of halogens is 2. The van der Waals surface area contributed by atoms with Gasteiger partial charge in [0.25, 0.3) is 0 Å². The molecule has 8 heteroatoms. The third-order valence-electron chi connectivity index (χ3n) is 5.29. The second-order valence-electron chi connectivity index (χ2n) is 6.93. The summed E-state index contributed by atoms with van der Waals surface area (Å²) in [5.74, 6) is -3.23. The fourth-order valence-corrected chi connectivity index (χ4v) is 3.77. The molecule has 1 aromatic carbocycles. The molecule has 2 fully saturated rings. The lowest BCUT2D eigenvalue weighted by molar-refractivity contribution is 0.0694. The topological polar surface area (TPSA) is 82.8 Å². The number of aromatic carboxylic acids is 1. The van der Waals surface area contributed by atoms with E-state index >= 15 is 4.39 Å². The van der Waals surface area contributed by atoms with Crippen LogP contribution in [0, 0.1) is 11.6 Å². The van der Waals surface area contributed by atoms with E-state index in [2.05, 4.69) is 0 Å². The van der Waals surface area contributed by atoms with Crippen molar-refractivity contribution >= 4 is 22.6 Å². The van der Waals surface area contributed by atoms with E-state index in [4.69, 9.17) is 0 Å². The number of hydrogen-bond donors (Lipinski definition) is 2. The number of aliphatic hydroxyl groups is 1. The van der Waals surface area contributed by atoms with Crippen molar-refractivity contribution in [2.45, 2.75) is 44.4 Å². The van der Waals surface area contributed by atoms with Crippen LogP contribution in [0.2, 0.25) is 0 Å². The Morgan fingerprint density at radius 2 is 2.04 bits per heavy atom. The SMILES string of the molecule is CC[C@H]1[C@H](O)CN1c1c(F)cc2c(=O)c(C(=O)O)cn(C3CC3)c2c1F. The number of carboxylic acid groups (broad SMARTS) is 1. The number of nitrogens with zero attached hydrogens (tertiary/aromatic N) is 2. The Morgan fingerprint density at radius 3 is 2.58 bits per heavy atom. The van der Waals surface area contributed by atoms with Crippen molar-refractivity contribution in [1.82, 2.24) is 4.57 Å². The van der Waals surface area contributed by atoms with Crippen molar-refractivity contribution in [3.63, 3.8) is 0 Å². The molecule has 2 atom stereocenters. The largest absolute Gasteiger partial charge is 0.477 e. The zero-order valence-electron chi connectivity index (χ0n) is 14.1. The second kappa shape index (κ2) is 5.77. The summed E-state index contributed by atoms with van der Waals surface area (Å²) in [4.78, 5) is 25.2. The van der Waals surface area contributed by atoms with E-state index in [0.29, 0.717) is 6.42 Å². The second-order valence-corrected chi connectivity index (χ2v) is 6.93. The maximum atomic E-state index is 15.3. The van der Waals surface area contributed by atoms with Gasteiger partial charge in [0, 0.05) is 18.8 Å². The lowest BCUT2D eigenvalue weighted by atomic mass is 9.95. The number of pyridine rings is 1. The molecule has 0 bridgehead atoms. The van der Waals surface area contributed by atoms with Gasteiger partial charge in [0.2, 0.25) is 5.43 Å². The number of aliphatic hydroxyl groups excluding tert-OH is 1. The van der Waals surface area contributed by atoms with Gasteiger partial charge in [-0.1, -0.05) is 6.92 Å². The summed E-state index contributed by atoms with van der Waals surface area (Å²) >= 11 is 0. The number of aromatic nitrogens is 1. The van der Waals surface area contributed by atoms with Gasteiger partial charge in [-0.05, 0) is 25.3 Å². The van der Waals surface area contributed by atoms with Crippen molar-refractivity contribution in [1.29, 1.82) is 0 Å². The normalized spacial score (nSPS) is 22.5. The van der Waals surface area contributed by atoms with Crippen LogP contribution in [0.3, 0.4) is 0 Å². The Kier molecular flexibility index (Phi) is 3.76. The maximum Gasteiger partial charge on any atom is 0.341 e. The molecule has 1 saturated heterocycles. The lowest BCUT2D eigenvalue weighted by Gasteiger charge is -2.47. The fourth-order valence-electron chi connectivity index (χ4n) is 3.77. The van der Waals surface area contributed by atoms with Gasteiger partial charge in [-0.15, -0.1) is 0 Å². The molecule has 2 heterocycles. The molecule has 1 aliphatic heterocycles. The van der Waals surface area contributed by atoms with Gasteiger partial charge in [0.15, 0.2) is 5.82 Å². The molecule has 1 aliphatic carbocycles. The van der Waals surface area contributed by atoms with Crippen molar-refractivity contribution < 1.29 is 23.8 Å². The molecule has 2 N–H and O–H groups in total. The number of rotatable bonds is 4. The minimum Gasteiger partial charge on any atom is -0.477 e. The highest BCUT2D eigenvalue weighted by Gasteiger charge is 2.40. The quantitative estimate of drug-likeness (QED) is 0.870. The zero-order chi connectivity index (χ0) is 18.7. The molecule has 6 nitrogen and oxygen atoms in total. The van der Waals surface area contributed by atoms with Gasteiger partial charge in [-0.2, -0.15) is 0 Å². The Balaban J connectivity index is 2.01. The molecule has 2 aromatic rings. The number of carboxylic acids is 1. The molecule has 1 saturated carbocycles. The Labute approximate surface area is 147 Å². The minimum atomic E-state index is -1.42. The first-order chi connectivity index (χ1) is 12.3. The van der Waals surface area contributed by atoms with Crippen LogP contribution in [-0.4, -0.2) is 39.4 Å². The first-order valence-corrected chi connectivity index (χ1v) is 8.60. The van der Waals surface area contributed by atoms with Crippen molar-refractivity contribution in [2.24, 2.45) is 0 Å². The highest BCUT2D eigenvalue weighted by molar-refractivity contribution is 5.94. The fraction of sp³-hybridized carbons (Fsp3) is 0.444. The van der Waals surface area contributed by atoms with E-state index in [1.54, 1.807) is 0 Å². The monoisotopic (exact) mass is 364 g/mol. The molecule has 0 radical (unpaired) electrons. The summed E-state index contributed by atoms with van der Waals surface area (Å²) in [7, 11) is 0. The molecule has 1 aromatic heterocycles. The molecular formula is C18H18F2N2O4. The van der Waals surface area contributed by atoms with E-state index in [-0.39, 0.29) is 29.2 Å². The number of hydrogen-bond acceptors (Lipinski definition) is 4. The summed E-state index contributed by atoms with van der Waals surface area (Å²) < 4.78 is 31.5. The van der Waals surface area contributed by atoms with Crippen LogP contribution >= 0.6 is 0 Å². The van der Waals surface area contributed by atoms with Crippen molar-refractivity contribution in [3.8, 4) is 0 Å². The zero-order valence-corrected chi connectivity index (χ0v) is 14.1. The summed E-state index contributed by atoms with van der Waals surface area (Å²) in [5.41, 5.74) is -1.74. The third kappa shape index (κ3) is 2.32. The Bertz CT molecular complexity index is 984. The van der Waals surface area contributed by atoms with Crippen LogP contribution in [-0.2, 0) is 0 Å². The van der Waals surface area contributed by atoms with E-state index in [0.717, 1.165) is 25.1 Å². The van der Waals surface area contributed by atoms with E-state index in [1.807, 2.05) is 6.92 Å². The molecule has 0 spiro atoms. The van der Waals surface area contributed by atoms with E-state index in [9.17, 15) is 24.2 Å². The summed E-state index contributed by atoms with van der Waals surface area (Å²) in [5, 5.41) is 18.8. The molecule has 26 heavy (non-hydrogen) atoms. The van der Waals surface area contributed by atoms with Crippen LogP contribution < -0.4 is 10.3 Å². The lowest BCUT2D eigenvalue weighted by Crippen LogP contribution is -2.60. The third-order valence-corrected chi connectivity index (χ3v) is 5.29. The van der Waals surface area contributed by atoms with Crippen LogP contribution in [0.4, 0.5) is 14.5 Å². The summed E-state index contributed by atoms with van der Waals surface area (Å²) in [6.07, 6.45) is 2.49. The standard InChI is InChI=1S/C18H18F2N2O4/c1-2-12-13(23)7-22(12)16-11(19)5-9-15(14(16)20)21(8-3-4-8)6-10(17(9)24)18(25)26/h5-6,8,12-13,23H,2-4,7H2,1H3,(H,25,26)/t12-,13+/m0/s1. The van der Waals surface area contributed by atoms with Crippen LogP contribution in [0.15, 0.2) is 17.1 Å². The average Bonchev–Trinajstić information content (AvgIpc) is 3.39. The average molecular weight is 364 g/mol. The van der Waals surface area contributed by atoms with Gasteiger partial charge in [-0.3, -0.25) is 4.79 Å². The number of carbonyl (C=O) groups is 1. The van der Waals surface area contributed by atoms with Crippen molar-refractivity contribution in [2.75, 3.05) is 11.4 Å². The number of anilines is 1. The Morgan fingerprint density at radius 1 is 1.35 bits per heavy atom. The predicted octanol–water partition coefficient (Wildman–Crippen LogP) is 2.27.